The normalized spacial score (nSPS) is 12.8. The molecule has 0 amide bonds. The molecule has 0 aromatic heterocycles. The van der Waals surface area contributed by atoms with Gasteiger partial charge in [-0.3, -0.25) is 0 Å². The average molecular weight is 182 g/mol. The van der Waals surface area contributed by atoms with Gasteiger partial charge in [0.25, 0.3) is 0 Å². The van der Waals surface area contributed by atoms with Gasteiger partial charge in [-0.25, -0.2) is 0 Å². The van der Waals surface area contributed by atoms with Crippen molar-refractivity contribution in [3.8, 4) is 11.5 Å². The minimum absolute atomic E-state index is 0.00421. The highest BCUT2D eigenvalue weighted by atomic mass is 16.3. The minimum Gasteiger partial charge on any atom is -0.507 e. The number of aromatic hydroxyl groups is 2. The molecule has 6 N–H and O–H groups in total. The largest absolute Gasteiger partial charge is 0.507 e. The van der Waals surface area contributed by atoms with Crippen LogP contribution in [0.2, 0.25) is 0 Å². The zero-order valence-electron chi connectivity index (χ0n) is 7.49. The molecule has 0 aliphatic heterocycles. The Labute approximate surface area is 76.8 Å². The van der Waals surface area contributed by atoms with Crippen LogP contribution in [0.4, 0.5) is 0 Å². The van der Waals surface area contributed by atoms with Gasteiger partial charge in [-0.05, 0) is 24.6 Å². The third kappa shape index (κ3) is 1.91. The fraction of sp³-hybridized carbons (Fsp3) is 0.333. The number of hydrogen-bond donors (Lipinski definition) is 4. The van der Waals surface area contributed by atoms with Crippen molar-refractivity contribution in [2.45, 2.75) is 13.0 Å². The van der Waals surface area contributed by atoms with Gasteiger partial charge in [0.05, 0.1) is 5.56 Å². The molecule has 1 atom stereocenters. The van der Waals surface area contributed by atoms with Crippen LogP contribution in [0, 0.1) is 6.92 Å². The second-order valence-electron chi connectivity index (χ2n) is 3.06. The molecule has 4 nitrogen and oxygen atoms in total. The first-order valence-corrected chi connectivity index (χ1v) is 4.04. The standard InChI is InChI=1S/C9H14N2O2/c1-5-2-7(12)9(6(11)4-10)8(13)3-5/h2-3,6,12-13H,4,10-11H2,1H3/t6-/m1/s1. The lowest BCUT2D eigenvalue weighted by molar-refractivity contribution is 0.428. The summed E-state index contributed by atoms with van der Waals surface area (Å²) in [6, 6.07) is 2.57. The number of benzene rings is 1. The van der Waals surface area contributed by atoms with Crippen LogP contribution in [0.3, 0.4) is 0 Å². The van der Waals surface area contributed by atoms with Gasteiger partial charge in [0.2, 0.25) is 0 Å². The molecule has 0 saturated heterocycles. The average Bonchev–Trinajstić information content (AvgIpc) is 2.02. The predicted molar refractivity (Wildman–Crippen MR) is 50.5 cm³/mol. The third-order valence-corrected chi connectivity index (χ3v) is 1.91. The highest BCUT2D eigenvalue weighted by molar-refractivity contribution is 5.48. The van der Waals surface area contributed by atoms with Crippen molar-refractivity contribution in [1.82, 2.24) is 0 Å². The maximum Gasteiger partial charge on any atom is 0.124 e. The molecule has 0 bridgehead atoms. The number of rotatable bonds is 2. The van der Waals surface area contributed by atoms with Gasteiger partial charge in [0, 0.05) is 12.6 Å². The molecule has 1 aromatic carbocycles. The smallest absolute Gasteiger partial charge is 0.124 e. The number of hydrogen-bond acceptors (Lipinski definition) is 4. The van der Waals surface area contributed by atoms with Gasteiger partial charge in [-0.15, -0.1) is 0 Å². The molecule has 72 valence electrons. The summed E-state index contributed by atoms with van der Waals surface area (Å²) in [6.45, 7) is 1.96. The topological polar surface area (TPSA) is 92.5 Å². The van der Waals surface area contributed by atoms with E-state index in [1.165, 1.54) is 0 Å². The van der Waals surface area contributed by atoms with Crippen LogP contribution in [0.5, 0.6) is 11.5 Å². The third-order valence-electron chi connectivity index (χ3n) is 1.91. The van der Waals surface area contributed by atoms with Gasteiger partial charge < -0.3 is 21.7 Å². The van der Waals surface area contributed by atoms with Gasteiger partial charge in [-0.2, -0.15) is 0 Å². The Hall–Kier alpha value is -1.26. The van der Waals surface area contributed by atoms with E-state index in [2.05, 4.69) is 0 Å². The number of phenolic OH excluding ortho intramolecular Hbond substituents is 2. The Balaban J connectivity index is 3.20. The Morgan fingerprint density at radius 1 is 1.31 bits per heavy atom. The zero-order valence-corrected chi connectivity index (χ0v) is 7.49. The maximum atomic E-state index is 9.48. The zero-order chi connectivity index (χ0) is 10.0. The first-order chi connectivity index (χ1) is 6.06. The van der Waals surface area contributed by atoms with Gasteiger partial charge in [0.1, 0.15) is 11.5 Å². The van der Waals surface area contributed by atoms with Gasteiger partial charge >= 0.3 is 0 Å². The van der Waals surface area contributed by atoms with Crippen LogP contribution in [0.1, 0.15) is 17.2 Å². The molecule has 13 heavy (non-hydrogen) atoms. The number of phenols is 2. The first-order valence-electron chi connectivity index (χ1n) is 4.04. The van der Waals surface area contributed by atoms with E-state index in [4.69, 9.17) is 11.5 Å². The highest BCUT2D eigenvalue weighted by Crippen LogP contribution is 2.32. The van der Waals surface area contributed by atoms with Crippen molar-refractivity contribution in [1.29, 1.82) is 0 Å². The Morgan fingerprint density at radius 3 is 2.15 bits per heavy atom. The Morgan fingerprint density at radius 2 is 1.77 bits per heavy atom. The quantitative estimate of drug-likeness (QED) is 0.531. The predicted octanol–water partition coefficient (Wildman–Crippen LogP) is 0.365. The summed E-state index contributed by atoms with van der Waals surface area (Å²) in [4.78, 5) is 0. The fourth-order valence-electron chi connectivity index (χ4n) is 1.26. The molecule has 0 aliphatic carbocycles. The van der Waals surface area contributed by atoms with E-state index < -0.39 is 6.04 Å². The second kappa shape index (κ2) is 3.64. The summed E-state index contributed by atoms with van der Waals surface area (Å²) in [7, 11) is 0. The van der Waals surface area contributed by atoms with E-state index in [9.17, 15) is 10.2 Å². The molecule has 1 aromatic rings. The van der Waals surface area contributed by atoms with E-state index in [0.29, 0.717) is 5.56 Å². The van der Waals surface area contributed by atoms with E-state index >= 15 is 0 Å². The fourth-order valence-corrected chi connectivity index (χ4v) is 1.26. The summed E-state index contributed by atoms with van der Waals surface area (Å²) in [5.41, 5.74) is 12.0. The number of nitrogens with two attached hydrogens (primary N) is 2. The van der Waals surface area contributed by atoms with Crippen LogP contribution < -0.4 is 11.5 Å². The molecule has 0 unspecified atom stereocenters. The molecule has 0 fully saturated rings. The van der Waals surface area contributed by atoms with E-state index in [-0.39, 0.29) is 18.0 Å². The first kappa shape index (κ1) is 9.83. The Bertz CT molecular complexity index is 289. The van der Waals surface area contributed by atoms with E-state index in [1.807, 2.05) is 0 Å². The molecule has 0 spiro atoms. The van der Waals surface area contributed by atoms with E-state index in [0.717, 1.165) is 5.56 Å². The molecule has 0 aliphatic rings. The summed E-state index contributed by atoms with van der Waals surface area (Å²) in [5, 5.41) is 19.0. The van der Waals surface area contributed by atoms with Crippen molar-refractivity contribution < 1.29 is 10.2 Å². The molecule has 4 heteroatoms. The molecule has 0 radical (unpaired) electrons. The summed E-state index contributed by atoms with van der Waals surface area (Å²) in [6.07, 6.45) is 0. The van der Waals surface area contributed by atoms with Gasteiger partial charge in [-0.1, -0.05) is 0 Å². The van der Waals surface area contributed by atoms with E-state index in [1.54, 1.807) is 19.1 Å². The lowest BCUT2D eigenvalue weighted by Crippen LogP contribution is -2.20. The van der Waals surface area contributed by atoms with Crippen molar-refractivity contribution in [3.63, 3.8) is 0 Å². The van der Waals surface area contributed by atoms with Crippen molar-refractivity contribution in [2.75, 3.05) is 6.54 Å². The highest BCUT2D eigenvalue weighted by Gasteiger charge is 2.14. The molecule has 0 saturated carbocycles. The SMILES string of the molecule is Cc1cc(O)c([C@H](N)CN)c(O)c1. The van der Waals surface area contributed by atoms with Crippen LogP contribution in [-0.2, 0) is 0 Å². The lowest BCUT2D eigenvalue weighted by Gasteiger charge is -2.13. The van der Waals surface area contributed by atoms with Crippen molar-refractivity contribution in [2.24, 2.45) is 11.5 Å². The second-order valence-corrected chi connectivity index (χ2v) is 3.06. The summed E-state index contributed by atoms with van der Waals surface area (Å²) in [5.74, 6) is -0.00843. The van der Waals surface area contributed by atoms with Crippen molar-refractivity contribution in [3.05, 3.63) is 23.3 Å². The molecular weight excluding hydrogens is 168 g/mol. The molecular formula is C9H14N2O2. The molecule has 1 rings (SSSR count). The maximum absolute atomic E-state index is 9.48. The summed E-state index contributed by atoms with van der Waals surface area (Å²) >= 11 is 0. The minimum atomic E-state index is -0.527. The van der Waals surface area contributed by atoms with Crippen LogP contribution in [0.25, 0.3) is 0 Å². The molecule has 0 heterocycles. The Kier molecular flexibility index (Phi) is 2.75. The van der Waals surface area contributed by atoms with Crippen LogP contribution in [0.15, 0.2) is 12.1 Å². The summed E-state index contributed by atoms with van der Waals surface area (Å²) < 4.78 is 0. The van der Waals surface area contributed by atoms with Crippen LogP contribution >= 0.6 is 0 Å². The monoisotopic (exact) mass is 182 g/mol. The van der Waals surface area contributed by atoms with Crippen LogP contribution in [-0.4, -0.2) is 16.8 Å². The lowest BCUT2D eigenvalue weighted by atomic mass is 10.0. The van der Waals surface area contributed by atoms with Gasteiger partial charge in [0.15, 0.2) is 0 Å². The number of aryl methyl sites for hydroxylation is 1. The van der Waals surface area contributed by atoms with Crippen molar-refractivity contribution >= 4 is 0 Å².